The Morgan fingerprint density at radius 1 is 1.10 bits per heavy atom. The number of ether oxygens (including phenoxy) is 3. The van der Waals surface area contributed by atoms with E-state index in [1.807, 2.05) is 0 Å². The normalized spacial score (nSPS) is 20.8. The molecule has 41 heavy (non-hydrogen) atoms. The summed E-state index contributed by atoms with van der Waals surface area (Å²) in [7, 11) is -2.75. The number of fused-ring (bicyclic) bond motifs is 1. The number of carbonyl (C=O) groups is 2. The molecule has 1 heterocycles. The smallest absolute Gasteiger partial charge is 0.427 e. The van der Waals surface area contributed by atoms with Gasteiger partial charge in [-0.3, -0.25) is 14.4 Å². The lowest BCUT2D eigenvalue weighted by Crippen LogP contribution is -2.50. The fourth-order valence-electron chi connectivity index (χ4n) is 4.22. The summed E-state index contributed by atoms with van der Waals surface area (Å²) >= 11 is 0. The fourth-order valence-corrected chi connectivity index (χ4v) is 5.72. The Labute approximate surface area is 234 Å². The molecule has 1 aliphatic carbocycles. The van der Waals surface area contributed by atoms with Crippen LogP contribution in [0.15, 0.2) is 47.4 Å². The third-order valence-corrected chi connectivity index (χ3v) is 8.67. The van der Waals surface area contributed by atoms with Gasteiger partial charge in [-0.1, -0.05) is 0 Å². The van der Waals surface area contributed by atoms with Crippen molar-refractivity contribution < 1.29 is 49.8 Å². The van der Waals surface area contributed by atoms with Crippen molar-refractivity contribution in [2.45, 2.75) is 55.6 Å². The maximum absolute atomic E-state index is 13.6. The monoisotopic (exact) mass is 603 g/mol. The number of rotatable bonds is 8. The van der Waals surface area contributed by atoms with Crippen LogP contribution in [0.5, 0.6) is 5.75 Å². The summed E-state index contributed by atoms with van der Waals surface area (Å²) < 4.78 is 96.7. The minimum Gasteiger partial charge on any atom is -0.484 e. The van der Waals surface area contributed by atoms with Crippen LogP contribution < -0.4 is 19.7 Å². The number of halogens is 4. The number of sulfonamides is 1. The van der Waals surface area contributed by atoms with Crippen molar-refractivity contribution >= 4 is 33.4 Å². The van der Waals surface area contributed by atoms with Crippen molar-refractivity contribution in [3.8, 4) is 5.75 Å². The maximum atomic E-state index is 13.6. The van der Waals surface area contributed by atoms with E-state index in [1.54, 1.807) is 7.11 Å². The summed E-state index contributed by atoms with van der Waals surface area (Å²) in [6.07, 6.45) is -5.91. The number of nitrogens with one attached hydrogen (secondary N) is 2. The number of nitrogens with zero attached hydrogens (tertiary/aromatic N) is 1. The zero-order chi connectivity index (χ0) is 30.2. The second-order valence-electron chi connectivity index (χ2n) is 10.2. The third-order valence-electron chi connectivity index (χ3n) is 6.87. The fraction of sp³-hybridized carbons (Fsp3) is 0.462. The molecule has 2 aliphatic rings. The van der Waals surface area contributed by atoms with Gasteiger partial charge in [-0.25, -0.2) is 17.6 Å². The Balaban J connectivity index is 1.57. The van der Waals surface area contributed by atoms with Crippen LogP contribution in [0.3, 0.4) is 0 Å². The molecule has 2 aromatic rings. The number of hydrogen-bond acceptors (Lipinski definition) is 7. The SMILES string of the molecule is COC1CC(C(=O)NC[C@H]2CN(S(=O)(=O)c3ccc(F)cc3)c3cc(NC(=O)OC(C)(C)C(F)(F)F)ccc3O2)C1. The van der Waals surface area contributed by atoms with Gasteiger partial charge in [0.1, 0.15) is 17.7 Å². The van der Waals surface area contributed by atoms with Gasteiger partial charge in [0.25, 0.3) is 10.0 Å². The predicted octanol–water partition coefficient (Wildman–Crippen LogP) is 4.21. The van der Waals surface area contributed by atoms with Gasteiger partial charge in [0.2, 0.25) is 11.5 Å². The van der Waals surface area contributed by atoms with Gasteiger partial charge in [0, 0.05) is 18.7 Å². The van der Waals surface area contributed by atoms with Crippen LogP contribution in [0.2, 0.25) is 0 Å². The van der Waals surface area contributed by atoms with E-state index in [9.17, 15) is 35.6 Å². The first kappa shape index (κ1) is 30.4. The number of benzene rings is 2. The molecule has 2 N–H and O–H groups in total. The van der Waals surface area contributed by atoms with Crippen molar-refractivity contribution in [1.82, 2.24) is 5.32 Å². The van der Waals surface area contributed by atoms with Crippen LogP contribution in [-0.4, -0.2) is 64.6 Å². The summed E-state index contributed by atoms with van der Waals surface area (Å²) in [5.74, 6) is -1.03. The lowest BCUT2D eigenvalue weighted by molar-refractivity contribution is -0.242. The first-order valence-electron chi connectivity index (χ1n) is 12.6. The molecular weight excluding hydrogens is 574 g/mol. The number of methoxy groups -OCH3 is 1. The molecule has 2 amide bonds. The average Bonchev–Trinajstić information content (AvgIpc) is 2.85. The van der Waals surface area contributed by atoms with Crippen molar-refractivity contribution in [1.29, 1.82) is 0 Å². The van der Waals surface area contributed by atoms with E-state index in [2.05, 4.69) is 15.4 Å². The molecule has 0 saturated heterocycles. The highest BCUT2D eigenvalue weighted by atomic mass is 32.2. The molecule has 224 valence electrons. The Morgan fingerprint density at radius 3 is 2.37 bits per heavy atom. The van der Waals surface area contributed by atoms with Crippen LogP contribution >= 0.6 is 0 Å². The highest BCUT2D eigenvalue weighted by Gasteiger charge is 2.51. The van der Waals surface area contributed by atoms with Crippen molar-refractivity contribution in [3.63, 3.8) is 0 Å². The number of anilines is 2. The first-order valence-corrected chi connectivity index (χ1v) is 14.0. The minimum atomic E-state index is -4.83. The van der Waals surface area contributed by atoms with Gasteiger partial charge in [-0.15, -0.1) is 0 Å². The molecule has 1 fully saturated rings. The molecule has 15 heteroatoms. The van der Waals surface area contributed by atoms with Gasteiger partial charge in [-0.2, -0.15) is 13.2 Å². The van der Waals surface area contributed by atoms with Crippen LogP contribution in [-0.2, 0) is 24.3 Å². The molecule has 0 spiro atoms. The molecule has 1 aliphatic heterocycles. The van der Waals surface area contributed by atoms with Gasteiger partial charge >= 0.3 is 12.3 Å². The van der Waals surface area contributed by atoms with Gasteiger partial charge in [0.05, 0.1) is 29.8 Å². The number of amides is 2. The highest BCUT2D eigenvalue weighted by molar-refractivity contribution is 7.92. The molecule has 0 bridgehead atoms. The Morgan fingerprint density at radius 2 is 1.76 bits per heavy atom. The second-order valence-corrected chi connectivity index (χ2v) is 12.1. The minimum absolute atomic E-state index is 0.0134. The Kier molecular flexibility index (Phi) is 8.41. The standard InChI is InChI=1S/C26H29F4N3O7S/c1-25(2,26(28,29)30)40-24(35)32-17-6-9-22-21(12-17)33(41(36,37)20-7-4-16(27)5-8-20)14-19(39-22)13-31-23(34)15-10-18(11-15)38-3/h4-9,12,15,18-19H,10-11,13-14H2,1-3H3,(H,31,34)(H,32,35)/t15?,18?,19-/m0/s1. The number of hydrogen-bond donors (Lipinski definition) is 2. The molecule has 1 saturated carbocycles. The molecule has 4 rings (SSSR count). The first-order chi connectivity index (χ1) is 19.1. The van der Waals surface area contributed by atoms with Crippen molar-refractivity contribution in [2.75, 3.05) is 29.8 Å². The molecule has 0 unspecified atom stereocenters. The van der Waals surface area contributed by atoms with Gasteiger partial charge < -0.3 is 19.5 Å². The Bertz CT molecular complexity index is 1390. The molecule has 2 aromatic carbocycles. The molecule has 10 nitrogen and oxygen atoms in total. The topological polar surface area (TPSA) is 123 Å². The van der Waals surface area contributed by atoms with Crippen molar-refractivity contribution in [2.24, 2.45) is 5.92 Å². The van der Waals surface area contributed by atoms with Crippen LogP contribution in [0, 0.1) is 11.7 Å². The molecule has 1 atom stereocenters. The Hall–Kier alpha value is -3.59. The third kappa shape index (κ3) is 6.67. The second kappa shape index (κ2) is 11.4. The van der Waals surface area contributed by atoms with E-state index in [0.29, 0.717) is 26.7 Å². The summed E-state index contributed by atoms with van der Waals surface area (Å²) in [5.41, 5.74) is -2.89. The van der Waals surface area contributed by atoms with E-state index in [1.165, 1.54) is 18.2 Å². The zero-order valence-corrected chi connectivity index (χ0v) is 23.1. The molecule has 0 radical (unpaired) electrons. The summed E-state index contributed by atoms with van der Waals surface area (Å²) in [6.45, 7) is 1.07. The van der Waals surface area contributed by atoms with E-state index in [0.717, 1.165) is 28.6 Å². The van der Waals surface area contributed by atoms with Crippen LogP contribution in [0.25, 0.3) is 0 Å². The van der Waals surface area contributed by atoms with E-state index >= 15 is 0 Å². The average molecular weight is 604 g/mol. The number of carbonyl (C=O) groups excluding carboxylic acids is 2. The molecule has 0 aromatic heterocycles. The largest absolute Gasteiger partial charge is 0.484 e. The maximum Gasteiger partial charge on any atom is 0.427 e. The van der Waals surface area contributed by atoms with E-state index in [-0.39, 0.29) is 53.0 Å². The summed E-state index contributed by atoms with van der Waals surface area (Å²) in [5, 5.41) is 4.93. The highest BCUT2D eigenvalue weighted by Crippen LogP contribution is 2.39. The van der Waals surface area contributed by atoms with E-state index in [4.69, 9.17) is 9.47 Å². The van der Waals surface area contributed by atoms with E-state index < -0.39 is 39.8 Å². The van der Waals surface area contributed by atoms with Crippen molar-refractivity contribution in [3.05, 3.63) is 48.3 Å². The van der Waals surface area contributed by atoms with Gasteiger partial charge in [-0.05, 0) is 69.2 Å². The summed E-state index contributed by atoms with van der Waals surface area (Å²) in [4.78, 5) is 24.5. The predicted molar refractivity (Wildman–Crippen MR) is 139 cm³/mol. The quantitative estimate of drug-likeness (QED) is 0.434. The lowest BCUT2D eigenvalue weighted by Gasteiger charge is -2.37. The molecular formula is C26H29F4N3O7S. The van der Waals surface area contributed by atoms with Crippen LogP contribution in [0.1, 0.15) is 26.7 Å². The van der Waals surface area contributed by atoms with Crippen LogP contribution in [0.4, 0.5) is 33.7 Å². The zero-order valence-electron chi connectivity index (χ0n) is 22.3. The van der Waals surface area contributed by atoms with Gasteiger partial charge in [0.15, 0.2) is 0 Å². The summed E-state index contributed by atoms with van der Waals surface area (Å²) in [6, 6.07) is 7.95. The lowest BCUT2D eigenvalue weighted by atomic mass is 9.81. The number of alkyl halides is 3.